The lowest BCUT2D eigenvalue weighted by Crippen LogP contribution is -2.44. The van der Waals surface area contributed by atoms with Crippen molar-refractivity contribution in [3.05, 3.63) is 23.9 Å². The van der Waals surface area contributed by atoms with Crippen molar-refractivity contribution in [2.45, 2.75) is 78.1 Å². The van der Waals surface area contributed by atoms with Crippen molar-refractivity contribution < 1.29 is 24.0 Å². The van der Waals surface area contributed by atoms with Crippen molar-refractivity contribution >= 4 is 30.4 Å². The molecule has 0 fully saturated rings. The Bertz CT molecular complexity index is 677. The number of carbonyl (C=O) groups is 3. The molecule has 0 atom stereocenters. The summed E-state index contributed by atoms with van der Waals surface area (Å²) in [5.74, 6) is -0.156. The molecule has 196 valence electrons. The smallest absolute Gasteiger partial charge is 0.336 e. The van der Waals surface area contributed by atoms with Crippen LogP contribution in [0.15, 0.2) is 23.9 Å². The Labute approximate surface area is 212 Å². The third-order valence-corrected chi connectivity index (χ3v) is 6.06. The van der Waals surface area contributed by atoms with Gasteiger partial charge in [-0.3, -0.25) is 9.59 Å². The molecule has 0 aromatic rings. The molecule has 7 nitrogen and oxygen atoms in total. The molecule has 34 heavy (non-hydrogen) atoms. The molecule has 0 aromatic heterocycles. The Hall–Kier alpha value is -1.80. The summed E-state index contributed by atoms with van der Waals surface area (Å²) in [6, 6.07) is 0. The van der Waals surface area contributed by atoms with E-state index < -0.39 is 5.97 Å². The van der Waals surface area contributed by atoms with Gasteiger partial charge in [-0.25, -0.2) is 4.79 Å². The Balaban J connectivity index is 4.44. The molecule has 0 aliphatic rings. The van der Waals surface area contributed by atoms with E-state index in [2.05, 4.69) is 24.5 Å². The second kappa shape index (κ2) is 18.5. The van der Waals surface area contributed by atoms with Gasteiger partial charge in [-0.15, -0.1) is 0 Å². The number of carboxylic acid groups (broad SMARTS) is 1. The van der Waals surface area contributed by atoms with Crippen LogP contribution in [0.5, 0.6) is 0 Å². The second-order valence-corrected chi connectivity index (χ2v) is 10.2. The molecule has 2 N–H and O–H groups in total. The first-order valence-corrected chi connectivity index (χ1v) is 13.3. The van der Waals surface area contributed by atoms with Gasteiger partial charge in [0.05, 0.1) is 26.2 Å². The van der Waals surface area contributed by atoms with E-state index in [-0.39, 0.29) is 17.4 Å². The number of nitrogens with one attached hydrogen (secondary N) is 1. The van der Waals surface area contributed by atoms with Gasteiger partial charge in [0.1, 0.15) is 6.54 Å². The fourth-order valence-electron chi connectivity index (χ4n) is 3.79. The highest BCUT2D eigenvalue weighted by Gasteiger charge is 2.21. The maximum atomic E-state index is 12.9. The fraction of sp³-hybridized carbons (Fsp3) is 0.731. The van der Waals surface area contributed by atoms with Crippen LogP contribution in [-0.4, -0.2) is 78.3 Å². The number of aliphatic carboxylic acids is 1. The third kappa shape index (κ3) is 15.9. The Morgan fingerprint density at radius 3 is 2.15 bits per heavy atom. The van der Waals surface area contributed by atoms with Crippen molar-refractivity contribution in [1.82, 2.24) is 10.2 Å². The lowest BCUT2D eigenvalue weighted by atomic mass is 10.1. The number of nitrogens with zero attached hydrogens (tertiary/aromatic N) is 2. The quantitative estimate of drug-likeness (QED) is 0.100. The van der Waals surface area contributed by atoms with E-state index in [0.29, 0.717) is 36.1 Å². The lowest BCUT2D eigenvalue weighted by Gasteiger charge is -2.31. The summed E-state index contributed by atoms with van der Waals surface area (Å²) in [6.07, 6.45) is 11.5. The number of quaternary nitrogens is 1. The molecule has 0 saturated carbocycles. The van der Waals surface area contributed by atoms with Crippen molar-refractivity contribution in [3.63, 3.8) is 0 Å². The van der Waals surface area contributed by atoms with E-state index in [9.17, 15) is 14.4 Å². The second-order valence-electron chi connectivity index (χ2n) is 9.72. The third-order valence-electron chi connectivity index (χ3n) is 5.74. The number of likely N-dealkylation sites (N-methyl/N-ethyl adjacent to an activating group) is 1. The Morgan fingerprint density at radius 1 is 1.00 bits per heavy atom. The van der Waals surface area contributed by atoms with Crippen LogP contribution in [0.2, 0.25) is 0 Å². The van der Waals surface area contributed by atoms with Gasteiger partial charge in [0, 0.05) is 37.7 Å². The number of hydrogen-bond acceptors (Lipinski definition) is 4. The molecular weight excluding hydrogens is 450 g/mol. The molecule has 0 aliphatic heterocycles. The SMILES string of the molecule is C=C(C[N+](C)(C)CCCN(CCC)C(=O)C(C)=CNC(=O)CCCCCCCCCS)C(=O)O. The minimum Gasteiger partial charge on any atom is -0.478 e. The van der Waals surface area contributed by atoms with Crippen molar-refractivity contribution in [2.75, 3.05) is 46.0 Å². The predicted octanol–water partition coefficient (Wildman–Crippen LogP) is 4.40. The molecule has 0 aromatic carbocycles. The first-order valence-electron chi connectivity index (χ1n) is 12.6. The summed E-state index contributed by atoms with van der Waals surface area (Å²) in [4.78, 5) is 37.9. The molecule has 0 radical (unpaired) electrons. The number of hydrogen-bond donors (Lipinski definition) is 3. The maximum absolute atomic E-state index is 12.9. The molecule has 0 bridgehead atoms. The van der Waals surface area contributed by atoms with Gasteiger partial charge in [0.2, 0.25) is 5.91 Å². The average molecular weight is 499 g/mol. The summed E-state index contributed by atoms with van der Waals surface area (Å²) in [5, 5.41) is 11.8. The molecule has 2 amide bonds. The normalized spacial score (nSPS) is 11.9. The minimum absolute atomic E-state index is 0.0537. The molecule has 0 spiro atoms. The zero-order valence-electron chi connectivity index (χ0n) is 21.9. The first kappa shape index (κ1) is 32.2. The van der Waals surface area contributed by atoms with Crippen molar-refractivity contribution in [3.8, 4) is 0 Å². The highest BCUT2D eigenvalue weighted by atomic mass is 32.1. The van der Waals surface area contributed by atoms with E-state index in [1.807, 2.05) is 21.0 Å². The van der Waals surface area contributed by atoms with E-state index in [1.165, 1.54) is 31.9 Å². The van der Waals surface area contributed by atoms with Gasteiger partial charge in [-0.2, -0.15) is 12.6 Å². The van der Waals surface area contributed by atoms with Gasteiger partial charge < -0.3 is 19.8 Å². The zero-order valence-corrected chi connectivity index (χ0v) is 22.8. The van der Waals surface area contributed by atoms with Crippen molar-refractivity contribution in [2.24, 2.45) is 0 Å². The highest BCUT2D eigenvalue weighted by molar-refractivity contribution is 7.80. The molecule has 0 saturated heterocycles. The summed E-state index contributed by atoms with van der Waals surface area (Å²) < 4.78 is 0.500. The summed E-state index contributed by atoms with van der Waals surface area (Å²) in [5.41, 5.74) is 0.698. The zero-order chi connectivity index (χ0) is 26.0. The van der Waals surface area contributed by atoms with Gasteiger partial charge in [-0.1, -0.05) is 45.6 Å². The van der Waals surface area contributed by atoms with Crippen LogP contribution in [0.25, 0.3) is 0 Å². The molecule has 0 unspecified atom stereocenters. The van der Waals surface area contributed by atoms with Crippen LogP contribution in [0, 0.1) is 0 Å². The average Bonchev–Trinajstić information content (AvgIpc) is 2.77. The highest BCUT2D eigenvalue weighted by Crippen LogP contribution is 2.10. The Morgan fingerprint density at radius 2 is 1.59 bits per heavy atom. The first-order chi connectivity index (χ1) is 16.0. The van der Waals surface area contributed by atoms with Crippen LogP contribution in [0.1, 0.15) is 78.1 Å². The van der Waals surface area contributed by atoms with Gasteiger partial charge in [0.15, 0.2) is 0 Å². The summed E-state index contributed by atoms with van der Waals surface area (Å²) >= 11 is 4.22. The van der Waals surface area contributed by atoms with E-state index in [4.69, 9.17) is 5.11 Å². The molecular formula is C26H48N3O4S+. The van der Waals surface area contributed by atoms with Crippen LogP contribution < -0.4 is 5.32 Å². The van der Waals surface area contributed by atoms with Crippen LogP contribution in [-0.2, 0) is 14.4 Å². The van der Waals surface area contributed by atoms with Gasteiger partial charge in [0.25, 0.3) is 5.91 Å². The number of rotatable bonds is 20. The number of unbranched alkanes of at least 4 members (excludes halogenated alkanes) is 6. The molecule has 0 rings (SSSR count). The maximum Gasteiger partial charge on any atom is 0.336 e. The largest absolute Gasteiger partial charge is 0.478 e. The standard InChI is InChI=1S/C26H47N3O4S/c1-6-16-28(17-14-18-29(4,5)21-23(3)26(32)33)25(31)22(2)20-27-24(30)15-12-10-8-7-9-11-13-19-34/h20H,3,6-19,21H2,1-2,4-5H3,(H2-,27,30,32,33,34)/p+1. The predicted molar refractivity (Wildman–Crippen MR) is 143 cm³/mol. The number of carboxylic acids is 1. The fourth-order valence-corrected chi connectivity index (χ4v) is 4.01. The van der Waals surface area contributed by atoms with E-state index in [1.54, 1.807) is 11.8 Å². The number of amides is 2. The molecule has 8 heteroatoms. The summed E-state index contributed by atoms with van der Waals surface area (Å²) in [7, 11) is 3.93. The van der Waals surface area contributed by atoms with Crippen molar-refractivity contribution in [1.29, 1.82) is 0 Å². The van der Waals surface area contributed by atoms with Gasteiger partial charge >= 0.3 is 5.97 Å². The monoisotopic (exact) mass is 498 g/mol. The number of thiol groups is 1. The molecule has 0 aliphatic carbocycles. The minimum atomic E-state index is -0.975. The van der Waals surface area contributed by atoms with E-state index >= 15 is 0 Å². The van der Waals surface area contributed by atoms with Crippen LogP contribution in [0.4, 0.5) is 0 Å². The number of carbonyl (C=O) groups excluding carboxylic acids is 2. The summed E-state index contributed by atoms with van der Waals surface area (Å²) in [6.45, 7) is 9.68. The topological polar surface area (TPSA) is 86.7 Å². The lowest BCUT2D eigenvalue weighted by molar-refractivity contribution is -0.885. The van der Waals surface area contributed by atoms with Crippen LogP contribution in [0.3, 0.4) is 0 Å². The van der Waals surface area contributed by atoms with E-state index in [0.717, 1.165) is 44.4 Å². The van der Waals surface area contributed by atoms with Crippen LogP contribution >= 0.6 is 12.6 Å². The van der Waals surface area contributed by atoms with Gasteiger partial charge in [-0.05, 0) is 31.9 Å². The Kier molecular flexibility index (Phi) is 17.5. The molecule has 0 heterocycles.